The predicted molar refractivity (Wildman–Crippen MR) is 97.1 cm³/mol. The van der Waals surface area contributed by atoms with Gasteiger partial charge in [0, 0.05) is 32.4 Å². The number of likely N-dealkylation sites (N-methyl/N-ethyl adjacent to an activating group) is 1. The molecule has 1 aromatic rings. The molecule has 0 spiro atoms. The molecule has 0 aliphatic rings. The summed E-state index contributed by atoms with van der Waals surface area (Å²) in [4.78, 5) is 6.32. The van der Waals surface area contributed by atoms with Gasteiger partial charge in [-0.2, -0.15) is 11.8 Å². The first-order valence-electron chi connectivity index (χ1n) is 7.45. The Bertz CT molecular complexity index is 452. The van der Waals surface area contributed by atoms with Crippen molar-refractivity contribution in [3.63, 3.8) is 0 Å². The number of benzene rings is 1. The van der Waals surface area contributed by atoms with Gasteiger partial charge in [-0.1, -0.05) is 12.1 Å². The lowest BCUT2D eigenvalue weighted by Crippen LogP contribution is -2.37. The molecule has 0 radical (unpaired) electrons. The van der Waals surface area contributed by atoms with Crippen molar-refractivity contribution in [1.82, 2.24) is 15.5 Å². The summed E-state index contributed by atoms with van der Waals surface area (Å²) in [5.74, 6) is 2.80. The third-order valence-electron chi connectivity index (χ3n) is 2.99. The van der Waals surface area contributed by atoms with E-state index in [1.807, 2.05) is 38.0 Å². The first kappa shape index (κ1) is 18.6. The molecule has 0 bridgehead atoms. The fourth-order valence-corrected chi connectivity index (χ4v) is 2.08. The van der Waals surface area contributed by atoms with Crippen LogP contribution in [0.5, 0.6) is 5.75 Å². The maximum Gasteiger partial charge on any atom is 0.191 e. The Morgan fingerprint density at radius 3 is 2.82 bits per heavy atom. The van der Waals surface area contributed by atoms with Crippen LogP contribution in [0.1, 0.15) is 5.56 Å². The second-order valence-corrected chi connectivity index (χ2v) is 6.13. The Labute approximate surface area is 138 Å². The van der Waals surface area contributed by atoms with E-state index < -0.39 is 0 Å². The third kappa shape index (κ3) is 8.14. The molecule has 0 aliphatic carbocycles. The molecule has 6 heteroatoms. The van der Waals surface area contributed by atoms with E-state index in [0.29, 0.717) is 6.61 Å². The molecule has 2 N–H and O–H groups in total. The van der Waals surface area contributed by atoms with Crippen LogP contribution in [0.2, 0.25) is 0 Å². The van der Waals surface area contributed by atoms with Crippen molar-refractivity contribution in [2.24, 2.45) is 4.99 Å². The minimum atomic E-state index is 0.696. The molecule has 0 aliphatic heterocycles. The van der Waals surface area contributed by atoms with Gasteiger partial charge < -0.3 is 20.3 Å². The summed E-state index contributed by atoms with van der Waals surface area (Å²) in [7, 11) is 5.87. The number of nitrogens with one attached hydrogen (secondary N) is 2. The molecule has 0 unspecified atom stereocenters. The standard InChI is InChI=1S/C16H28N4OS/c1-17-16(18-8-11-22-4)19-13-14-6-5-7-15(12-14)21-10-9-20(2)3/h5-7,12H,8-11,13H2,1-4H3,(H2,17,18,19). The minimum Gasteiger partial charge on any atom is -0.492 e. The lowest BCUT2D eigenvalue weighted by molar-refractivity contribution is 0.261. The average molecular weight is 324 g/mol. The van der Waals surface area contributed by atoms with Crippen LogP contribution in [0.15, 0.2) is 29.3 Å². The molecule has 0 heterocycles. The van der Waals surface area contributed by atoms with Gasteiger partial charge in [-0.15, -0.1) is 0 Å². The number of guanidine groups is 1. The van der Waals surface area contributed by atoms with Gasteiger partial charge in [-0.05, 0) is 38.0 Å². The first-order chi connectivity index (χ1) is 10.7. The van der Waals surface area contributed by atoms with E-state index in [9.17, 15) is 0 Å². The summed E-state index contributed by atoms with van der Waals surface area (Å²) in [6.45, 7) is 3.24. The van der Waals surface area contributed by atoms with Crippen LogP contribution in [-0.2, 0) is 6.54 Å². The summed E-state index contributed by atoms with van der Waals surface area (Å²) in [5, 5.41) is 6.60. The lowest BCUT2D eigenvalue weighted by Gasteiger charge is -2.13. The average Bonchev–Trinajstić information content (AvgIpc) is 2.51. The van der Waals surface area contributed by atoms with E-state index in [2.05, 4.69) is 38.9 Å². The largest absolute Gasteiger partial charge is 0.492 e. The molecule has 5 nitrogen and oxygen atoms in total. The molecule has 0 atom stereocenters. The van der Waals surface area contributed by atoms with Crippen LogP contribution in [0.25, 0.3) is 0 Å². The molecule has 0 saturated carbocycles. The summed E-state index contributed by atoms with van der Waals surface area (Å²) in [6, 6.07) is 8.16. The van der Waals surface area contributed by atoms with Gasteiger partial charge in [0.05, 0.1) is 0 Å². The smallest absolute Gasteiger partial charge is 0.191 e. The van der Waals surface area contributed by atoms with Crippen LogP contribution in [0.3, 0.4) is 0 Å². The molecule has 1 rings (SSSR count). The zero-order valence-electron chi connectivity index (χ0n) is 14.1. The third-order valence-corrected chi connectivity index (χ3v) is 3.60. The number of nitrogens with zero attached hydrogens (tertiary/aromatic N) is 2. The highest BCUT2D eigenvalue weighted by atomic mass is 32.2. The Kier molecular flexibility index (Phi) is 9.50. The quantitative estimate of drug-likeness (QED) is 0.411. The van der Waals surface area contributed by atoms with Crippen LogP contribution in [0.4, 0.5) is 0 Å². The fourth-order valence-electron chi connectivity index (χ4n) is 1.77. The van der Waals surface area contributed by atoms with Gasteiger partial charge in [0.1, 0.15) is 12.4 Å². The second-order valence-electron chi connectivity index (χ2n) is 5.14. The molecule has 124 valence electrons. The van der Waals surface area contributed by atoms with Crippen LogP contribution >= 0.6 is 11.8 Å². The summed E-state index contributed by atoms with van der Waals surface area (Å²) >= 11 is 1.81. The van der Waals surface area contributed by atoms with Gasteiger partial charge in [0.25, 0.3) is 0 Å². The van der Waals surface area contributed by atoms with Gasteiger partial charge in [-0.3, -0.25) is 4.99 Å². The van der Waals surface area contributed by atoms with Crippen molar-refractivity contribution in [2.75, 3.05) is 52.8 Å². The zero-order valence-corrected chi connectivity index (χ0v) is 14.9. The van der Waals surface area contributed by atoms with E-state index in [1.54, 1.807) is 7.05 Å². The van der Waals surface area contributed by atoms with Crippen LogP contribution in [-0.4, -0.2) is 63.7 Å². The minimum absolute atomic E-state index is 0.696. The van der Waals surface area contributed by atoms with Crippen molar-refractivity contribution in [1.29, 1.82) is 0 Å². The van der Waals surface area contributed by atoms with Crippen molar-refractivity contribution in [3.8, 4) is 5.75 Å². The summed E-state index contributed by atoms with van der Waals surface area (Å²) in [5.41, 5.74) is 1.18. The number of thioether (sulfide) groups is 1. The van der Waals surface area contributed by atoms with Gasteiger partial charge in [-0.25, -0.2) is 0 Å². The Hall–Kier alpha value is -1.40. The first-order valence-corrected chi connectivity index (χ1v) is 8.85. The molecule has 22 heavy (non-hydrogen) atoms. The highest BCUT2D eigenvalue weighted by Crippen LogP contribution is 2.13. The SMILES string of the molecule is CN=C(NCCSC)NCc1cccc(OCCN(C)C)c1. The van der Waals surface area contributed by atoms with Crippen LogP contribution < -0.4 is 15.4 Å². The molecular formula is C16H28N4OS. The van der Waals surface area contributed by atoms with E-state index in [1.165, 1.54) is 5.56 Å². The summed E-state index contributed by atoms with van der Waals surface area (Å²) < 4.78 is 5.75. The number of rotatable bonds is 9. The van der Waals surface area contributed by atoms with Gasteiger partial charge in [0.15, 0.2) is 5.96 Å². The predicted octanol–water partition coefficient (Wildman–Crippen LogP) is 1.65. The number of hydrogen-bond donors (Lipinski definition) is 2. The van der Waals surface area contributed by atoms with E-state index in [-0.39, 0.29) is 0 Å². The molecule has 1 aromatic carbocycles. The van der Waals surface area contributed by atoms with E-state index >= 15 is 0 Å². The molecular weight excluding hydrogens is 296 g/mol. The Balaban J connectivity index is 2.41. The fraction of sp³-hybridized carbons (Fsp3) is 0.562. The Morgan fingerprint density at radius 2 is 2.14 bits per heavy atom. The van der Waals surface area contributed by atoms with Crippen molar-refractivity contribution >= 4 is 17.7 Å². The highest BCUT2D eigenvalue weighted by Gasteiger charge is 2.00. The maximum atomic E-state index is 5.75. The summed E-state index contributed by atoms with van der Waals surface area (Å²) in [6.07, 6.45) is 2.10. The zero-order chi connectivity index (χ0) is 16.2. The van der Waals surface area contributed by atoms with Crippen molar-refractivity contribution in [3.05, 3.63) is 29.8 Å². The van der Waals surface area contributed by atoms with E-state index in [4.69, 9.17) is 4.74 Å². The number of aliphatic imine (C=N–C) groups is 1. The van der Waals surface area contributed by atoms with E-state index in [0.717, 1.165) is 37.1 Å². The maximum absolute atomic E-state index is 5.75. The molecule has 0 saturated heterocycles. The topological polar surface area (TPSA) is 48.9 Å². The highest BCUT2D eigenvalue weighted by molar-refractivity contribution is 7.98. The number of hydrogen-bond acceptors (Lipinski definition) is 4. The van der Waals surface area contributed by atoms with Crippen molar-refractivity contribution in [2.45, 2.75) is 6.54 Å². The monoisotopic (exact) mass is 324 g/mol. The molecule has 0 aromatic heterocycles. The number of ether oxygens (including phenoxy) is 1. The lowest BCUT2D eigenvalue weighted by atomic mass is 10.2. The van der Waals surface area contributed by atoms with Gasteiger partial charge >= 0.3 is 0 Å². The normalized spacial score (nSPS) is 11.6. The van der Waals surface area contributed by atoms with Gasteiger partial charge in [0.2, 0.25) is 0 Å². The molecule has 0 fully saturated rings. The van der Waals surface area contributed by atoms with Crippen molar-refractivity contribution < 1.29 is 4.74 Å². The molecule has 0 amide bonds. The van der Waals surface area contributed by atoms with Crippen LogP contribution in [0, 0.1) is 0 Å². The second kappa shape index (κ2) is 11.2. The Morgan fingerprint density at radius 1 is 1.32 bits per heavy atom.